The Kier molecular flexibility index (Phi) is 3.95. The number of rotatable bonds is 5. The van der Waals surface area contributed by atoms with E-state index in [2.05, 4.69) is 6.92 Å². The molecule has 0 aliphatic carbocycles. The molecular formula is C10H18Cl2O3. The molecule has 0 saturated carbocycles. The van der Waals surface area contributed by atoms with Crippen molar-refractivity contribution in [3.63, 3.8) is 0 Å². The van der Waals surface area contributed by atoms with Crippen LogP contribution < -0.4 is 0 Å². The average molecular weight is 257 g/mol. The van der Waals surface area contributed by atoms with Gasteiger partial charge in [0.2, 0.25) is 0 Å². The molecule has 0 aromatic rings. The maximum absolute atomic E-state index is 9.58. The zero-order valence-electron chi connectivity index (χ0n) is 9.35. The summed E-state index contributed by atoms with van der Waals surface area (Å²) >= 11 is 11.7. The first-order valence-corrected chi connectivity index (χ1v) is 5.80. The van der Waals surface area contributed by atoms with E-state index in [9.17, 15) is 5.11 Å². The second-order valence-electron chi connectivity index (χ2n) is 4.51. The topological polar surface area (TPSA) is 38.7 Å². The van der Waals surface area contributed by atoms with Crippen molar-refractivity contribution in [3.05, 3.63) is 0 Å². The van der Waals surface area contributed by atoms with Gasteiger partial charge < -0.3 is 14.6 Å². The fraction of sp³-hybridized carbons (Fsp3) is 1.00. The van der Waals surface area contributed by atoms with Gasteiger partial charge in [-0.1, -0.05) is 30.1 Å². The lowest BCUT2D eigenvalue weighted by atomic mass is 9.84. The first kappa shape index (κ1) is 13.5. The largest absolute Gasteiger partial charge is 0.380 e. The summed E-state index contributed by atoms with van der Waals surface area (Å²) in [4.78, 5) is 0. The highest BCUT2D eigenvalue weighted by molar-refractivity contribution is 6.32. The van der Waals surface area contributed by atoms with E-state index >= 15 is 0 Å². The lowest BCUT2D eigenvalue weighted by molar-refractivity contribution is -0.180. The first-order chi connectivity index (χ1) is 6.72. The maximum atomic E-state index is 9.58. The summed E-state index contributed by atoms with van der Waals surface area (Å²) in [6, 6.07) is 0. The molecule has 2 atom stereocenters. The second-order valence-corrected chi connectivity index (χ2v) is 5.96. The fourth-order valence-electron chi connectivity index (χ4n) is 1.20. The zero-order valence-corrected chi connectivity index (χ0v) is 10.9. The summed E-state index contributed by atoms with van der Waals surface area (Å²) in [5.74, 6) is 0. The second kappa shape index (κ2) is 4.38. The third-order valence-electron chi connectivity index (χ3n) is 3.03. The van der Waals surface area contributed by atoms with Crippen LogP contribution in [0.1, 0.15) is 27.2 Å². The Morgan fingerprint density at radius 2 is 1.93 bits per heavy atom. The highest BCUT2D eigenvalue weighted by Crippen LogP contribution is 2.38. The predicted octanol–water partition coefficient (Wildman–Crippen LogP) is 2.33. The molecule has 0 spiro atoms. The molecule has 15 heavy (non-hydrogen) atoms. The number of ether oxygens (including phenoxy) is 2. The van der Waals surface area contributed by atoms with Gasteiger partial charge in [0.1, 0.15) is 0 Å². The third kappa shape index (κ3) is 2.98. The van der Waals surface area contributed by atoms with Crippen LogP contribution in [0.15, 0.2) is 0 Å². The van der Waals surface area contributed by atoms with Crippen LogP contribution in [0.25, 0.3) is 0 Å². The number of halogens is 2. The molecule has 1 aliphatic rings. The number of aliphatic hydroxyl groups is 1. The highest BCUT2D eigenvalue weighted by atomic mass is 35.5. The van der Waals surface area contributed by atoms with E-state index in [1.165, 1.54) is 6.92 Å². The van der Waals surface area contributed by atoms with Crippen molar-refractivity contribution in [2.45, 2.75) is 37.3 Å². The monoisotopic (exact) mass is 256 g/mol. The predicted molar refractivity (Wildman–Crippen MR) is 60.2 cm³/mol. The van der Waals surface area contributed by atoms with Crippen molar-refractivity contribution in [2.24, 2.45) is 5.41 Å². The van der Waals surface area contributed by atoms with Gasteiger partial charge in [0, 0.05) is 5.41 Å². The Bertz CT molecular complexity index is 214. The smallest absolute Gasteiger partial charge is 0.181 e. The van der Waals surface area contributed by atoms with Crippen molar-refractivity contribution >= 4 is 23.2 Å². The molecule has 0 radical (unpaired) electrons. The summed E-state index contributed by atoms with van der Waals surface area (Å²) < 4.78 is 10.7. The fourth-order valence-corrected chi connectivity index (χ4v) is 1.31. The summed E-state index contributed by atoms with van der Waals surface area (Å²) in [5, 5.41) is 6.71. The van der Waals surface area contributed by atoms with E-state index in [1.54, 1.807) is 6.92 Å². The van der Waals surface area contributed by atoms with Gasteiger partial charge in [-0.05, 0) is 20.3 Å². The SMILES string of the molecule is CCC1(COC(C)(Cl)C(C)(O)Cl)COC1. The van der Waals surface area contributed by atoms with Crippen LogP contribution in [0.2, 0.25) is 0 Å². The molecule has 5 heteroatoms. The van der Waals surface area contributed by atoms with E-state index in [0.29, 0.717) is 19.8 Å². The maximum Gasteiger partial charge on any atom is 0.181 e. The molecule has 3 nitrogen and oxygen atoms in total. The Morgan fingerprint density at radius 3 is 2.20 bits per heavy atom. The minimum atomic E-state index is -1.59. The third-order valence-corrected chi connectivity index (χ3v) is 3.97. The molecule has 0 aromatic heterocycles. The van der Waals surface area contributed by atoms with Gasteiger partial charge in [0.05, 0.1) is 19.8 Å². The quantitative estimate of drug-likeness (QED) is 0.768. The van der Waals surface area contributed by atoms with E-state index in [-0.39, 0.29) is 5.41 Å². The van der Waals surface area contributed by atoms with Gasteiger partial charge in [0.25, 0.3) is 0 Å². The highest BCUT2D eigenvalue weighted by Gasteiger charge is 2.45. The van der Waals surface area contributed by atoms with Crippen LogP contribution in [0.4, 0.5) is 0 Å². The van der Waals surface area contributed by atoms with E-state index in [0.717, 1.165) is 6.42 Å². The van der Waals surface area contributed by atoms with Gasteiger partial charge in [0.15, 0.2) is 10.1 Å². The van der Waals surface area contributed by atoms with Crippen LogP contribution in [-0.2, 0) is 9.47 Å². The summed E-state index contributed by atoms with van der Waals surface area (Å²) in [7, 11) is 0. The van der Waals surface area contributed by atoms with Gasteiger partial charge in [-0.3, -0.25) is 0 Å². The Hall–Kier alpha value is 0.460. The Balaban J connectivity index is 2.49. The molecule has 0 aromatic carbocycles. The molecule has 1 fully saturated rings. The molecule has 0 amide bonds. The standard InChI is InChI=1S/C10H18Cl2O3/c1-4-10(5-14-6-10)7-15-9(3,12)8(2,11)13/h13H,4-7H2,1-3H3. The van der Waals surface area contributed by atoms with Gasteiger partial charge in [-0.15, -0.1) is 0 Å². The van der Waals surface area contributed by atoms with Crippen molar-refractivity contribution in [1.82, 2.24) is 0 Å². The van der Waals surface area contributed by atoms with Crippen LogP contribution in [-0.4, -0.2) is 35.0 Å². The molecule has 1 N–H and O–H groups in total. The first-order valence-electron chi connectivity index (χ1n) is 5.04. The van der Waals surface area contributed by atoms with Crippen molar-refractivity contribution in [1.29, 1.82) is 0 Å². The normalized spacial score (nSPS) is 27.6. The lowest BCUT2D eigenvalue weighted by Gasteiger charge is -2.43. The van der Waals surface area contributed by atoms with E-state index in [4.69, 9.17) is 32.7 Å². The van der Waals surface area contributed by atoms with Gasteiger partial charge in [-0.25, -0.2) is 0 Å². The van der Waals surface area contributed by atoms with Crippen LogP contribution in [0, 0.1) is 5.41 Å². The molecular weight excluding hydrogens is 239 g/mol. The van der Waals surface area contributed by atoms with E-state index < -0.39 is 10.1 Å². The molecule has 1 aliphatic heterocycles. The zero-order chi connectivity index (χ0) is 11.7. The number of alkyl halides is 2. The Morgan fingerprint density at radius 1 is 1.40 bits per heavy atom. The molecule has 1 rings (SSSR count). The van der Waals surface area contributed by atoms with Crippen LogP contribution >= 0.6 is 23.2 Å². The molecule has 2 unspecified atom stereocenters. The van der Waals surface area contributed by atoms with Gasteiger partial charge >= 0.3 is 0 Å². The van der Waals surface area contributed by atoms with Crippen molar-refractivity contribution in [2.75, 3.05) is 19.8 Å². The summed E-state index contributed by atoms with van der Waals surface area (Å²) in [6.07, 6.45) is 0.963. The minimum Gasteiger partial charge on any atom is -0.380 e. The number of hydrogen-bond acceptors (Lipinski definition) is 3. The summed E-state index contributed by atoms with van der Waals surface area (Å²) in [5.41, 5.74) is 0.0400. The lowest BCUT2D eigenvalue weighted by Crippen LogP contribution is -2.50. The van der Waals surface area contributed by atoms with Crippen LogP contribution in [0.3, 0.4) is 0 Å². The summed E-state index contributed by atoms with van der Waals surface area (Å²) in [6.45, 7) is 6.87. The molecule has 0 bridgehead atoms. The molecule has 1 saturated heterocycles. The minimum absolute atomic E-state index is 0.0400. The number of hydrogen-bond donors (Lipinski definition) is 1. The van der Waals surface area contributed by atoms with E-state index in [1.807, 2.05) is 0 Å². The Labute approximate surface area is 101 Å². The molecule has 1 heterocycles. The molecule has 90 valence electrons. The van der Waals surface area contributed by atoms with Crippen LogP contribution in [0.5, 0.6) is 0 Å². The van der Waals surface area contributed by atoms with Crippen molar-refractivity contribution < 1.29 is 14.6 Å². The van der Waals surface area contributed by atoms with Crippen molar-refractivity contribution in [3.8, 4) is 0 Å². The average Bonchev–Trinajstić information content (AvgIpc) is 2.00. The van der Waals surface area contributed by atoms with Gasteiger partial charge in [-0.2, -0.15) is 0 Å².